The van der Waals surface area contributed by atoms with E-state index in [2.05, 4.69) is 4.18 Å². The summed E-state index contributed by atoms with van der Waals surface area (Å²) >= 11 is 23.0. The number of halogens is 19. The van der Waals surface area contributed by atoms with Crippen molar-refractivity contribution in [3.05, 3.63) is 55.5 Å². The molecule has 48 heavy (non-hydrogen) atoms. The van der Waals surface area contributed by atoms with Crippen molar-refractivity contribution in [2.24, 2.45) is 0 Å². The van der Waals surface area contributed by atoms with Gasteiger partial charge < -0.3 is 14.6 Å². The van der Waals surface area contributed by atoms with Gasteiger partial charge in [-0.15, -0.1) is 0 Å². The van der Waals surface area contributed by atoms with Gasteiger partial charge in [-0.25, -0.2) is 4.79 Å². The van der Waals surface area contributed by atoms with E-state index in [0.717, 1.165) is 0 Å². The smallest absolute Gasteiger partial charge is 0.460 e. The van der Waals surface area contributed by atoms with Gasteiger partial charge in [0, 0.05) is 11.8 Å². The van der Waals surface area contributed by atoms with Crippen molar-refractivity contribution in [3.63, 3.8) is 0 Å². The number of amides is 1. The van der Waals surface area contributed by atoms with E-state index in [1.54, 1.807) is 5.32 Å². The number of carboxylic acids is 1. The van der Waals surface area contributed by atoms with Crippen molar-refractivity contribution in [2.75, 3.05) is 5.32 Å². The molecule has 0 unspecified atom stereocenters. The zero-order chi connectivity index (χ0) is 38.0. The average Bonchev–Trinajstić information content (AvgIpc) is 2.91. The molecule has 0 aliphatic rings. The van der Waals surface area contributed by atoms with E-state index in [0.29, 0.717) is 12.1 Å². The lowest BCUT2D eigenvalue weighted by atomic mass is 9.94. The molecule has 0 saturated heterocycles. The van der Waals surface area contributed by atoms with Gasteiger partial charge in [0.05, 0.1) is 31.2 Å². The molecule has 0 aliphatic carbocycles. The Labute approximate surface area is 274 Å². The van der Waals surface area contributed by atoms with E-state index in [1.165, 1.54) is 0 Å². The Kier molecular flexibility index (Phi) is 10.8. The summed E-state index contributed by atoms with van der Waals surface area (Å²) in [7, 11) is -7.87. The number of nitrogens with one attached hydrogen (secondary N) is 1. The van der Waals surface area contributed by atoms with Gasteiger partial charge in [0.1, 0.15) is 5.75 Å². The number of anilines is 1. The number of aromatic carboxylic acids is 1. The molecule has 7 nitrogen and oxygen atoms in total. The molecule has 2 N–H and O–H groups in total. The summed E-state index contributed by atoms with van der Waals surface area (Å²) in [6.07, 6.45) is -7.87. The Morgan fingerprint density at radius 3 is 1.50 bits per heavy atom. The van der Waals surface area contributed by atoms with Crippen LogP contribution in [0, 0.1) is 0 Å². The first-order chi connectivity index (χ1) is 21.2. The molecule has 0 aliphatic heterocycles. The van der Waals surface area contributed by atoms with Gasteiger partial charge in [-0.1, -0.05) is 52.5 Å². The summed E-state index contributed by atoms with van der Waals surface area (Å²) in [5.74, 6) is -48.1. The molecule has 0 bridgehead atoms. The maximum atomic E-state index is 14.3. The molecular weight excluding hydrogens is 821 g/mol. The standard InChI is InChI=1S/C21H6Cl4F15NO6S/c22-9-7(8(14(43)44)10(23)12(25)11(9)24)13(42)41-5-2-1-3-6(4-5)47-48(45,46)21(39,40)19(34,35)17(30,31)15(26,27)16(28,29)18(32,33)20(36,37)38/h1-4H,(H,41,42)(H,43,44). The highest BCUT2D eigenvalue weighted by Crippen LogP contribution is 2.63. The molecule has 27 heteroatoms. The van der Waals surface area contributed by atoms with Crippen LogP contribution in [0.4, 0.5) is 71.5 Å². The zero-order valence-electron chi connectivity index (χ0n) is 21.4. The van der Waals surface area contributed by atoms with E-state index < -0.39 is 106 Å². The first kappa shape index (κ1) is 41.4. The van der Waals surface area contributed by atoms with E-state index in [9.17, 15) is 89.0 Å². The summed E-state index contributed by atoms with van der Waals surface area (Å²) in [4.78, 5) is 24.4. The number of alkyl halides is 15. The van der Waals surface area contributed by atoms with Crippen molar-refractivity contribution in [1.29, 1.82) is 0 Å². The number of carbonyl (C=O) groups is 2. The molecule has 0 fully saturated rings. The summed E-state index contributed by atoms with van der Waals surface area (Å²) in [5, 5.41) is 0.145. The van der Waals surface area contributed by atoms with E-state index in [-0.39, 0.29) is 12.1 Å². The van der Waals surface area contributed by atoms with Crippen molar-refractivity contribution in [3.8, 4) is 5.75 Å². The summed E-state index contributed by atoms with van der Waals surface area (Å²) < 4.78 is 229. The van der Waals surface area contributed by atoms with Gasteiger partial charge in [0.2, 0.25) is 0 Å². The quantitative estimate of drug-likeness (QED) is 0.101. The molecule has 270 valence electrons. The lowest BCUT2D eigenvalue weighted by Crippen LogP contribution is -2.73. The lowest BCUT2D eigenvalue weighted by molar-refractivity contribution is -0.447. The van der Waals surface area contributed by atoms with Gasteiger partial charge >= 0.3 is 57.1 Å². The third-order valence-electron chi connectivity index (χ3n) is 5.62. The van der Waals surface area contributed by atoms with E-state index >= 15 is 0 Å². The molecule has 0 heterocycles. The molecule has 1 amide bonds. The van der Waals surface area contributed by atoms with Gasteiger partial charge in [-0.05, 0) is 12.1 Å². The number of rotatable bonds is 11. The minimum Gasteiger partial charge on any atom is -0.478 e. The Hall–Kier alpha value is -2.76. The second-order valence-electron chi connectivity index (χ2n) is 8.72. The monoisotopic (exact) mass is 825 g/mol. The van der Waals surface area contributed by atoms with E-state index in [4.69, 9.17) is 46.4 Å². The van der Waals surface area contributed by atoms with Crippen LogP contribution in [0.3, 0.4) is 0 Å². The summed E-state index contributed by atoms with van der Waals surface area (Å²) in [5.41, 5.74) is -3.06. The maximum absolute atomic E-state index is 14.3. The van der Waals surface area contributed by atoms with Gasteiger partial charge in [-0.2, -0.15) is 74.3 Å². The molecule has 2 aromatic carbocycles. The van der Waals surface area contributed by atoms with Crippen LogP contribution in [0.25, 0.3) is 0 Å². The summed E-state index contributed by atoms with van der Waals surface area (Å²) in [6.45, 7) is 0. The van der Waals surface area contributed by atoms with Crippen molar-refractivity contribution in [1.82, 2.24) is 0 Å². The number of hydrogen-bond donors (Lipinski definition) is 2. The molecule has 2 rings (SSSR count). The fourth-order valence-corrected chi connectivity index (χ4v) is 5.08. The normalized spacial score (nSPS) is 14.1. The Morgan fingerprint density at radius 1 is 0.646 bits per heavy atom. The Morgan fingerprint density at radius 2 is 1.06 bits per heavy atom. The van der Waals surface area contributed by atoms with Crippen LogP contribution < -0.4 is 9.50 Å². The minimum atomic E-state index is -8.75. The van der Waals surface area contributed by atoms with Crippen molar-refractivity contribution >= 4 is 74.1 Å². The first-order valence-electron chi connectivity index (χ1n) is 11.0. The molecular formula is C21H6Cl4F15NO6S. The molecule has 0 aromatic heterocycles. The molecule has 0 saturated carbocycles. The van der Waals surface area contributed by atoms with Crippen molar-refractivity contribution < 1.29 is 93.2 Å². The zero-order valence-corrected chi connectivity index (χ0v) is 25.2. The highest BCUT2D eigenvalue weighted by molar-refractivity contribution is 7.88. The van der Waals surface area contributed by atoms with Crippen LogP contribution in [0.1, 0.15) is 20.7 Å². The van der Waals surface area contributed by atoms with Gasteiger partial charge in [0.15, 0.2) is 0 Å². The number of hydrogen-bond acceptors (Lipinski definition) is 5. The van der Waals surface area contributed by atoms with Crippen LogP contribution in [0.15, 0.2) is 24.3 Å². The molecule has 2 aromatic rings. The average molecular weight is 827 g/mol. The number of benzene rings is 2. The Balaban J connectivity index is 2.55. The van der Waals surface area contributed by atoms with Gasteiger partial charge in [0.25, 0.3) is 5.91 Å². The van der Waals surface area contributed by atoms with Crippen LogP contribution in [-0.4, -0.2) is 66.4 Å². The highest BCUT2D eigenvalue weighted by atomic mass is 35.5. The van der Waals surface area contributed by atoms with Crippen LogP contribution in [-0.2, 0) is 10.1 Å². The Bertz CT molecular complexity index is 1750. The predicted molar refractivity (Wildman–Crippen MR) is 133 cm³/mol. The molecule has 0 atom stereocenters. The van der Waals surface area contributed by atoms with Gasteiger partial charge in [-0.3, -0.25) is 4.79 Å². The number of carboxylic acid groups (broad SMARTS) is 1. The second kappa shape index (κ2) is 12.5. The van der Waals surface area contributed by atoms with E-state index in [1.807, 2.05) is 0 Å². The highest BCUT2D eigenvalue weighted by Gasteiger charge is 2.95. The third-order valence-corrected chi connectivity index (χ3v) is 8.72. The van der Waals surface area contributed by atoms with Crippen molar-refractivity contribution in [2.45, 2.75) is 41.0 Å². The van der Waals surface area contributed by atoms with Crippen LogP contribution in [0.2, 0.25) is 20.1 Å². The topological polar surface area (TPSA) is 110 Å². The van der Waals surface area contributed by atoms with Crippen LogP contribution >= 0.6 is 46.4 Å². The second-order valence-corrected chi connectivity index (χ2v) is 11.8. The lowest BCUT2D eigenvalue weighted by Gasteiger charge is -2.40. The van der Waals surface area contributed by atoms with Crippen LogP contribution in [0.5, 0.6) is 5.75 Å². The minimum absolute atomic E-state index is 0.0575. The fraction of sp³-hybridized carbons (Fsp3) is 0.333. The first-order valence-corrected chi connectivity index (χ1v) is 13.9. The largest absolute Gasteiger partial charge is 0.478 e. The molecule has 0 radical (unpaired) electrons. The predicted octanol–water partition coefficient (Wildman–Crippen LogP) is 9.29. The number of carbonyl (C=O) groups excluding carboxylic acids is 1. The third kappa shape index (κ3) is 6.23. The SMILES string of the molecule is O=C(O)c1c(Cl)c(Cl)c(Cl)c(Cl)c1C(=O)Nc1cccc(OS(=O)(=O)C(F)(F)C(F)(F)C(F)(F)C(F)(F)C(F)(F)C(F)(F)C(F)(F)F)c1. The fourth-order valence-electron chi connectivity index (χ4n) is 3.15. The molecule has 0 spiro atoms. The summed E-state index contributed by atoms with van der Waals surface area (Å²) in [6, 6.07) is 1.43. The maximum Gasteiger partial charge on any atom is 0.460 e.